The monoisotopic (exact) mass is 258 g/mol. The largest absolute Gasteiger partial charge is 0.472 e. The van der Waals surface area contributed by atoms with E-state index in [1.807, 2.05) is 6.07 Å². The number of hydrogen-bond donors (Lipinski definition) is 1. The molecular formula is C16H22N2O. The zero-order chi connectivity index (χ0) is 13.7. The van der Waals surface area contributed by atoms with E-state index in [4.69, 9.17) is 4.42 Å². The average molecular weight is 258 g/mol. The van der Waals surface area contributed by atoms with Crippen LogP contribution in [0.1, 0.15) is 30.1 Å². The predicted molar refractivity (Wildman–Crippen MR) is 78.0 cm³/mol. The lowest BCUT2D eigenvalue weighted by molar-refractivity contribution is 0.325. The molecule has 0 saturated carbocycles. The second kappa shape index (κ2) is 6.55. The number of benzene rings is 1. The Morgan fingerprint density at radius 1 is 1.11 bits per heavy atom. The van der Waals surface area contributed by atoms with E-state index in [-0.39, 0.29) is 6.04 Å². The van der Waals surface area contributed by atoms with E-state index in [0.717, 1.165) is 6.54 Å². The maximum absolute atomic E-state index is 5.15. The Morgan fingerprint density at radius 2 is 1.84 bits per heavy atom. The molecule has 2 rings (SSSR count). The first kappa shape index (κ1) is 13.8. The van der Waals surface area contributed by atoms with Crippen LogP contribution in [0.5, 0.6) is 0 Å². The molecule has 2 atom stereocenters. The molecule has 0 bridgehead atoms. The van der Waals surface area contributed by atoms with Crippen molar-refractivity contribution in [1.82, 2.24) is 10.2 Å². The molecule has 1 N–H and O–H groups in total. The van der Waals surface area contributed by atoms with Crippen molar-refractivity contribution in [1.29, 1.82) is 0 Å². The van der Waals surface area contributed by atoms with Crippen molar-refractivity contribution in [2.24, 2.45) is 0 Å². The highest BCUT2D eigenvalue weighted by Gasteiger charge is 2.16. The molecule has 1 heterocycles. The summed E-state index contributed by atoms with van der Waals surface area (Å²) in [5, 5.41) is 3.67. The molecule has 1 aromatic heterocycles. The third kappa shape index (κ3) is 3.94. The lowest BCUT2D eigenvalue weighted by atomic mass is 10.0. The van der Waals surface area contributed by atoms with Gasteiger partial charge in [-0.15, -0.1) is 0 Å². The SMILES string of the molecule is CC(NC(CN(C)C)c1ccccc1)c1ccoc1. The van der Waals surface area contributed by atoms with E-state index in [0.29, 0.717) is 6.04 Å². The maximum atomic E-state index is 5.15. The summed E-state index contributed by atoms with van der Waals surface area (Å²) in [6.07, 6.45) is 3.52. The van der Waals surface area contributed by atoms with Gasteiger partial charge >= 0.3 is 0 Å². The highest BCUT2D eigenvalue weighted by atomic mass is 16.3. The number of hydrogen-bond acceptors (Lipinski definition) is 3. The third-order valence-electron chi connectivity index (χ3n) is 3.24. The Kier molecular flexibility index (Phi) is 4.77. The molecule has 0 saturated heterocycles. The summed E-state index contributed by atoms with van der Waals surface area (Å²) >= 11 is 0. The lowest BCUT2D eigenvalue weighted by Gasteiger charge is -2.26. The molecule has 2 unspecified atom stereocenters. The van der Waals surface area contributed by atoms with Gasteiger partial charge in [0, 0.05) is 24.2 Å². The summed E-state index contributed by atoms with van der Waals surface area (Å²) in [4.78, 5) is 2.20. The number of nitrogens with zero attached hydrogens (tertiary/aromatic N) is 1. The summed E-state index contributed by atoms with van der Waals surface area (Å²) in [7, 11) is 4.19. The quantitative estimate of drug-likeness (QED) is 0.862. The first-order valence-corrected chi connectivity index (χ1v) is 6.64. The average Bonchev–Trinajstić information content (AvgIpc) is 2.92. The molecule has 3 nitrogen and oxygen atoms in total. The lowest BCUT2D eigenvalue weighted by Crippen LogP contribution is -2.32. The van der Waals surface area contributed by atoms with Crippen LogP contribution < -0.4 is 5.32 Å². The molecule has 0 amide bonds. The van der Waals surface area contributed by atoms with Crippen molar-refractivity contribution in [3.8, 4) is 0 Å². The van der Waals surface area contributed by atoms with Gasteiger partial charge in [-0.25, -0.2) is 0 Å². The second-order valence-electron chi connectivity index (χ2n) is 5.17. The van der Waals surface area contributed by atoms with Crippen LogP contribution in [-0.2, 0) is 0 Å². The summed E-state index contributed by atoms with van der Waals surface area (Å²) in [6, 6.07) is 13.1. The second-order valence-corrected chi connectivity index (χ2v) is 5.17. The van der Waals surface area contributed by atoms with Crippen LogP contribution in [0, 0.1) is 0 Å². The molecule has 1 aromatic carbocycles. The minimum absolute atomic E-state index is 0.268. The van der Waals surface area contributed by atoms with Gasteiger partial charge in [-0.3, -0.25) is 0 Å². The fourth-order valence-corrected chi connectivity index (χ4v) is 2.22. The van der Waals surface area contributed by atoms with Crippen LogP contribution in [-0.4, -0.2) is 25.5 Å². The van der Waals surface area contributed by atoms with Gasteiger partial charge in [-0.2, -0.15) is 0 Å². The van der Waals surface area contributed by atoms with Gasteiger partial charge < -0.3 is 14.6 Å². The van der Waals surface area contributed by atoms with Gasteiger partial charge in [-0.1, -0.05) is 30.3 Å². The van der Waals surface area contributed by atoms with Crippen LogP contribution in [0.25, 0.3) is 0 Å². The van der Waals surface area contributed by atoms with Gasteiger partial charge in [0.15, 0.2) is 0 Å². The minimum atomic E-state index is 0.268. The van der Waals surface area contributed by atoms with E-state index in [1.165, 1.54) is 11.1 Å². The van der Waals surface area contributed by atoms with E-state index in [2.05, 4.69) is 61.6 Å². The Labute approximate surface area is 115 Å². The smallest absolute Gasteiger partial charge is 0.0950 e. The Morgan fingerprint density at radius 3 is 2.42 bits per heavy atom. The van der Waals surface area contributed by atoms with Crippen molar-refractivity contribution in [2.75, 3.05) is 20.6 Å². The molecular weight excluding hydrogens is 236 g/mol. The first-order chi connectivity index (χ1) is 9.16. The molecule has 102 valence electrons. The first-order valence-electron chi connectivity index (χ1n) is 6.64. The fraction of sp³-hybridized carbons (Fsp3) is 0.375. The van der Waals surface area contributed by atoms with Crippen LogP contribution in [0.15, 0.2) is 53.3 Å². The highest BCUT2D eigenvalue weighted by Crippen LogP contribution is 2.20. The molecule has 0 fully saturated rings. The van der Waals surface area contributed by atoms with Crippen LogP contribution in [0.2, 0.25) is 0 Å². The number of furan rings is 1. The standard InChI is InChI=1S/C16H22N2O/c1-13(15-9-10-19-12-15)17-16(11-18(2)3)14-7-5-4-6-8-14/h4-10,12-13,16-17H,11H2,1-3H3. The fourth-order valence-electron chi connectivity index (χ4n) is 2.22. The molecule has 3 heteroatoms. The van der Waals surface area contributed by atoms with Crippen LogP contribution >= 0.6 is 0 Å². The molecule has 0 radical (unpaired) electrons. The molecule has 19 heavy (non-hydrogen) atoms. The molecule has 0 aliphatic carbocycles. The van der Waals surface area contributed by atoms with Crippen molar-refractivity contribution >= 4 is 0 Å². The summed E-state index contributed by atoms with van der Waals surface area (Å²) in [5.74, 6) is 0. The molecule has 2 aromatic rings. The number of likely N-dealkylation sites (N-methyl/N-ethyl adjacent to an activating group) is 1. The zero-order valence-corrected chi connectivity index (χ0v) is 11.8. The van der Waals surface area contributed by atoms with Crippen molar-refractivity contribution in [3.63, 3.8) is 0 Å². The Bertz CT molecular complexity index is 465. The maximum Gasteiger partial charge on any atom is 0.0950 e. The third-order valence-corrected chi connectivity index (χ3v) is 3.24. The van der Waals surface area contributed by atoms with E-state index >= 15 is 0 Å². The van der Waals surface area contributed by atoms with E-state index in [9.17, 15) is 0 Å². The summed E-state index contributed by atoms with van der Waals surface area (Å²) < 4.78 is 5.15. The van der Waals surface area contributed by atoms with Crippen LogP contribution in [0.3, 0.4) is 0 Å². The Balaban J connectivity index is 2.10. The van der Waals surface area contributed by atoms with Gasteiger partial charge in [0.25, 0.3) is 0 Å². The van der Waals surface area contributed by atoms with Gasteiger partial charge in [-0.05, 0) is 32.6 Å². The van der Waals surface area contributed by atoms with Gasteiger partial charge in [0.2, 0.25) is 0 Å². The van der Waals surface area contributed by atoms with Crippen LogP contribution in [0.4, 0.5) is 0 Å². The summed E-state index contributed by atoms with van der Waals surface area (Å²) in [6.45, 7) is 3.13. The van der Waals surface area contributed by atoms with Crippen molar-refractivity contribution in [3.05, 3.63) is 60.1 Å². The van der Waals surface area contributed by atoms with E-state index < -0.39 is 0 Å². The Hall–Kier alpha value is -1.58. The van der Waals surface area contributed by atoms with Gasteiger partial charge in [0.05, 0.1) is 12.5 Å². The van der Waals surface area contributed by atoms with Crippen molar-refractivity contribution in [2.45, 2.75) is 19.0 Å². The molecule has 0 aliphatic heterocycles. The predicted octanol–water partition coefficient (Wildman–Crippen LogP) is 3.23. The van der Waals surface area contributed by atoms with Gasteiger partial charge in [0.1, 0.15) is 0 Å². The summed E-state index contributed by atoms with van der Waals surface area (Å²) in [5.41, 5.74) is 2.49. The zero-order valence-electron chi connectivity index (χ0n) is 11.8. The number of nitrogens with one attached hydrogen (secondary N) is 1. The minimum Gasteiger partial charge on any atom is -0.472 e. The van der Waals surface area contributed by atoms with Crippen molar-refractivity contribution < 1.29 is 4.42 Å². The van der Waals surface area contributed by atoms with E-state index in [1.54, 1.807) is 12.5 Å². The highest BCUT2D eigenvalue weighted by molar-refractivity contribution is 5.20. The topological polar surface area (TPSA) is 28.4 Å². The normalized spacial score (nSPS) is 14.5. The number of rotatable bonds is 6. The molecule has 0 aliphatic rings. The molecule has 0 spiro atoms.